The zero-order valence-corrected chi connectivity index (χ0v) is 12.6. The van der Waals surface area contributed by atoms with E-state index in [4.69, 9.17) is 9.15 Å². The molecular weight excluding hydrogens is 285 g/mol. The van der Waals surface area contributed by atoms with Gasteiger partial charge in [0, 0.05) is 18.7 Å². The highest BCUT2D eigenvalue weighted by molar-refractivity contribution is 5.92. The molecule has 0 unspecified atom stereocenters. The number of hydrogen-bond acceptors (Lipinski definition) is 3. The Balaban J connectivity index is 1.78. The zero-order chi connectivity index (χ0) is 15.7. The molecule has 0 bridgehead atoms. The van der Waals surface area contributed by atoms with E-state index in [-0.39, 0.29) is 23.9 Å². The molecule has 1 aliphatic heterocycles. The van der Waals surface area contributed by atoms with Crippen LogP contribution in [0.3, 0.4) is 0 Å². The minimum Gasteiger partial charge on any atom is -0.451 e. The lowest BCUT2D eigenvalue weighted by molar-refractivity contribution is -0.0592. The largest absolute Gasteiger partial charge is 0.451 e. The number of morpholine rings is 1. The molecular formula is C17H18FNO3. The van der Waals surface area contributed by atoms with Gasteiger partial charge in [-0.3, -0.25) is 4.79 Å². The van der Waals surface area contributed by atoms with Crippen molar-refractivity contribution in [2.45, 2.75) is 26.1 Å². The number of benzene rings is 1. The maximum atomic E-state index is 12.9. The van der Waals surface area contributed by atoms with Gasteiger partial charge in [-0.15, -0.1) is 0 Å². The third-order valence-corrected chi connectivity index (χ3v) is 3.65. The van der Waals surface area contributed by atoms with Crippen LogP contribution in [0.1, 0.15) is 24.4 Å². The van der Waals surface area contributed by atoms with Gasteiger partial charge in [-0.25, -0.2) is 4.39 Å². The highest BCUT2D eigenvalue weighted by Crippen LogP contribution is 2.24. The first kappa shape index (κ1) is 14.8. The van der Waals surface area contributed by atoms with Gasteiger partial charge in [0.2, 0.25) is 0 Å². The van der Waals surface area contributed by atoms with Crippen LogP contribution in [0, 0.1) is 5.82 Å². The van der Waals surface area contributed by atoms with Crippen LogP contribution in [0.25, 0.3) is 11.3 Å². The van der Waals surface area contributed by atoms with Crippen LogP contribution in [-0.4, -0.2) is 36.1 Å². The summed E-state index contributed by atoms with van der Waals surface area (Å²) in [4.78, 5) is 14.2. The minimum absolute atomic E-state index is 0.0132. The highest BCUT2D eigenvalue weighted by Gasteiger charge is 2.28. The van der Waals surface area contributed by atoms with Crippen molar-refractivity contribution in [3.8, 4) is 11.3 Å². The molecule has 0 aliphatic carbocycles. The maximum Gasteiger partial charge on any atom is 0.289 e. The summed E-state index contributed by atoms with van der Waals surface area (Å²) in [6.07, 6.45) is 0.0264. The van der Waals surface area contributed by atoms with Crippen molar-refractivity contribution >= 4 is 5.91 Å². The van der Waals surface area contributed by atoms with E-state index in [1.807, 2.05) is 13.8 Å². The molecule has 2 atom stereocenters. The van der Waals surface area contributed by atoms with E-state index in [1.165, 1.54) is 12.1 Å². The van der Waals surface area contributed by atoms with Crippen molar-refractivity contribution < 1.29 is 18.3 Å². The van der Waals surface area contributed by atoms with Crippen LogP contribution >= 0.6 is 0 Å². The quantitative estimate of drug-likeness (QED) is 0.854. The molecule has 1 saturated heterocycles. The van der Waals surface area contributed by atoms with Gasteiger partial charge in [0.25, 0.3) is 5.91 Å². The Morgan fingerprint density at radius 2 is 1.73 bits per heavy atom. The van der Waals surface area contributed by atoms with E-state index >= 15 is 0 Å². The fourth-order valence-electron chi connectivity index (χ4n) is 2.72. The van der Waals surface area contributed by atoms with Crippen molar-refractivity contribution in [1.29, 1.82) is 0 Å². The van der Waals surface area contributed by atoms with Gasteiger partial charge >= 0.3 is 0 Å². The summed E-state index contributed by atoms with van der Waals surface area (Å²) < 4.78 is 24.2. The number of carbonyl (C=O) groups excluding carboxylic acids is 1. The van der Waals surface area contributed by atoms with Crippen LogP contribution in [0.2, 0.25) is 0 Å². The van der Waals surface area contributed by atoms with Crippen molar-refractivity contribution in [3.63, 3.8) is 0 Å². The topological polar surface area (TPSA) is 42.7 Å². The molecule has 4 nitrogen and oxygen atoms in total. The van der Waals surface area contributed by atoms with Crippen molar-refractivity contribution in [2.75, 3.05) is 13.1 Å². The molecule has 0 N–H and O–H groups in total. The van der Waals surface area contributed by atoms with Gasteiger partial charge in [0.1, 0.15) is 11.6 Å². The molecule has 22 heavy (non-hydrogen) atoms. The monoisotopic (exact) mass is 303 g/mol. The zero-order valence-electron chi connectivity index (χ0n) is 12.6. The summed E-state index contributed by atoms with van der Waals surface area (Å²) in [5, 5.41) is 0. The Morgan fingerprint density at radius 3 is 2.36 bits per heavy atom. The van der Waals surface area contributed by atoms with Crippen molar-refractivity contribution in [1.82, 2.24) is 4.90 Å². The summed E-state index contributed by atoms with van der Waals surface area (Å²) in [5.41, 5.74) is 0.740. The van der Waals surface area contributed by atoms with E-state index < -0.39 is 0 Å². The number of furan rings is 1. The molecule has 0 radical (unpaired) electrons. The number of nitrogens with zero attached hydrogens (tertiary/aromatic N) is 1. The number of ether oxygens (including phenoxy) is 1. The normalized spacial score (nSPS) is 21.9. The highest BCUT2D eigenvalue weighted by atomic mass is 19.1. The second-order valence-corrected chi connectivity index (χ2v) is 5.64. The maximum absolute atomic E-state index is 12.9. The Morgan fingerprint density at radius 1 is 1.09 bits per heavy atom. The summed E-state index contributed by atoms with van der Waals surface area (Å²) in [6, 6.07) is 9.37. The predicted molar refractivity (Wildman–Crippen MR) is 80.0 cm³/mol. The third kappa shape index (κ3) is 3.04. The molecule has 1 aliphatic rings. The number of rotatable bonds is 2. The molecule has 1 aromatic heterocycles. The molecule has 1 amide bonds. The third-order valence-electron chi connectivity index (χ3n) is 3.65. The Hall–Kier alpha value is -2.14. The first-order chi connectivity index (χ1) is 10.5. The smallest absolute Gasteiger partial charge is 0.289 e. The van der Waals surface area contributed by atoms with Crippen LogP contribution in [0.5, 0.6) is 0 Å². The van der Waals surface area contributed by atoms with E-state index in [9.17, 15) is 9.18 Å². The fourth-order valence-corrected chi connectivity index (χ4v) is 2.72. The van der Waals surface area contributed by atoms with Crippen LogP contribution in [0.15, 0.2) is 40.8 Å². The second kappa shape index (κ2) is 5.93. The second-order valence-electron chi connectivity index (χ2n) is 5.64. The summed E-state index contributed by atoms with van der Waals surface area (Å²) in [7, 11) is 0. The van der Waals surface area contributed by atoms with Gasteiger partial charge < -0.3 is 14.1 Å². The van der Waals surface area contributed by atoms with Crippen LogP contribution in [-0.2, 0) is 4.74 Å². The lowest BCUT2D eigenvalue weighted by atomic mass is 10.2. The van der Waals surface area contributed by atoms with Crippen molar-refractivity contribution in [3.05, 3.63) is 48.0 Å². The Bertz CT molecular complexity index is 655. The molecule has 1 aromatic carbocycles. The molecule has 1 fully saturated rings. The van der Waals surface area contributed by atoms with E-state index in [0.717, 1.165) is 5.56 Å². The van der Waals surface area contributed by atoms with E-state index in [2.05, 4.69) is 0 Å². The average molecular weight is 303 g/mol. The molecule has 116 valence electrons. The molecule has 5 heteroatoms. The van der Waals surface area contributed by atoms with Gasteiger partial charge in [-0.1, -0.05) is 0 Å². The van der Waals surface area contributed by atoms with Crippen LogP contribution < -0.4 is 0 Å². The van der Waals surface area contributed by atoms with Gasteiger partial charge in [0.15, 0.2) is 5.76 Å². The molecule has 2 aromatic rings. The Labute approximate surface area is 128 Å². The summed E-state index contributed by atoms with van der Waals surface area (Å²) in [6.45, 7) is 5.00. The number of hydrogen-bond donors (Lipinski definition) is 0. The summed E-state index contributed by atoms with van der Waals surface area (Å²) in [5.74, 6) is 0.400. The number of halogens is 1. The van der Waals surface area contributed by atoms with E-state index in [0.29, 0.717) is 24.6 Å². The average Bonchev–Trinajstić information content (AvgIpc) is 2.96. The SMILES string of the molecule is C[C@@H]1CN(C(=O)c2ccc(-c3ccc(F)cc3)o2)C[C@H](C)O1. The predicted octanol–water partition coefficient (Wildman–Crippen LogP) is 3.34. The fraction of sp³-hybridized carbons (Fsp3) is 0.353. The standard InChI is InChI=1S/C17H18FNO3/c1-11-9-19(10-12(2)21-11)17(20)16-8-7-15(22-16)13-3-5-14(18)6-4-13/h3-8,11-12H,9-10H2,1-2H3/t11-,12+. The molecule has 3 rings (SSSR count). The van der Waals surface area contributed by atoms with Gasteiger partial charge in [0.05, 0.1) is 12.2 Å². The Kier molecular flexibility index (Phi) is 3.98. The van der Waals surface area contributed by atoms with E-state index in [1.54, 1.807) is 29.2 Å². The number of amides is 1. The first-order valence-corrected chi connectivity index (χ1v) is 7.33. The van der Waals surface area contributed by atoms with Crippen LogP contribution in [0.4, 0.5) is 4.39 Å². The lowest BCUT2D eigenvalue weighted by Gasteiger charge is -2.34. The first-order valence-electron chi connectivity index (χ1n) is 7.33. The number of carbonyl (C=O) groups is 1. The molecule has 2 heterocycles. The minimum atomic E-state index is -0.303. The van der Waals surface area contributed by atoms with Crippen molar-refractivity contribution in [2.24, 2.45) is 0 Å². The lowest BCUT2D eigenvalue weighted by Crippen LogP contribution is -2.48. The van der Waals surface area contributed by atoms with Gasteiger partial charge in [-0.2, -0.15) is 0 Å². The van der Waals surface area contributed by atoms with Gasteiger partial charge in [-0.05, 0) is 50.2 Å². The molecule has 0 saturated carbocycles. The molecule has 0 spiro atoms. The summed E-state index contributed by atoms with van der Waals surface area (Å²) >= 11 is 0.